The number of para-hydroxylation sites is 1. The van der Waals surface area contributed by atoms with Crippen LogP contribution < -0.4 is 10.1 Å². The summed E-state index contributed by atoms with van der Waals surface area (Å²) < 4.78 is 33.4. The molecule has 2 amide bonds. The number of halogens is 2. The van der Waals surface area contributed by atoms with Gasteiger partial charge in [0.15, 0.2) is 0 Å². The first-order chi connectivity index (χ1) is 13.6. The van der Waals surface area contributed by atoms with E-state index in [0.717, 1.165) is 22.9 Å². The van der Waals surface area contributed by atoms with Gasteiger partial charge >= 0.3 is 6.03 Å². The van der Waals surface area contributed by atoms with Crippen LogP contribution in [0, 0.1) is 11.6 Å². The molecule has 0 unspecified atom stereocenters. The van der Waals surface area contributed by atoms with Crippen molar-refractivity contribution in [1.82, 2.24) is 15.1 Å². The van der Waals surface area contributed by atoms with Gasteiger partial charge in [0.2, 0.25) is 5.88 Å². The first-order valence-electron chi connectivity index (χ1n) is 8.99. The van der Waals surface area contributed by atoms with Crippen LogP contribution in [-0.4, -0.2) is 40.3 Å². The Labute approximate surface area is 160 Å². The molecule has 2 aromatic carbocycles. The van der Waals surface area contributed by atoms with Crippen LogP contribution in [-0.2, 0) is 0 Å². The predicted molar refractivity (Wildman–Crippen MR) is 100 cm³/mol. The summed E-state index contributed by atoms with van der Waals surface area (Å²) in [5, 5.41) is 12.2. The van der Waals surface area contributed by atoms with E-state index in [4.69, 9.17) is 4.74 Å². The van der Waals surface area contributed by atoms with E-state index in [1.54, 1.807) is 6.20 Å². The van der Waals surface area contributed by atoms with Crippen LogP contribution in [0.2, 0.25) is 0 Å². The van der Waals surface area contributed by atoms with Gasteiger partial charge in [-0.3, -0.25) is 0 Å². The normalized spacial score (nSPS) is 14.9. The monoisotopic (exact) mass is 384 g/mol. The zero-order chi connectivity index (χ0) is 19.5. The number of hydrogen-bond acceptors (Lipinski definition) is 4. The Kier molecular flexibility index (Phi) is 5.01. The number of likely N-dealkylation sites (tertiary alicyclic amines) is 1. The summed E-state index contributed by atoms with van der Waals surface area (Å²) in [6.45, 7) is 0.815. The van der Waals surface area contributed by atoms with Gasteiger partial charge in [0.25, 0.3) is 0 Å². The molecule has 1 aliphatic rings. The van der Waals surface area contributed by atoms with Crippen molar-refractivity contribution in [2.24, 2.45) is 0 Å². The second-order valence-electron chi connectivity index (χ2n) is 6.57. The quantitative estimate of drug-likeness (QED) is 0.742. The topological polar surface area (TPSA) is 67.4 Å². The molecular formula is C20H18F2N4O2. The molecule has 0 radical (unpaired) electrons. The Morgan fingerprint density at radius 1 is 1.07 bits per heavy atom. The molecule has 0 spiro atoms. The maximum Gasteiger partial charge on any atom is 0.322 e. The number of amides is 2. The summed E-state index contributed by atoms with van der Waals surface area (Å²) >= 11 is 0. The minimum absolute atomic E-state index is 0.116. The average Bonchev–Trinajstić information content (AvgIpc) is 2.71. The van der Waals surface area contributed by atoms with Crippen molar-refractivity contribution in [2.45, 2.75) is 18.9 Å². The lowest BCUT2D eigenvalue weighted by Gasteiger charge is -2.32. The van der Waals surface area contributed by atoms with Crippen molar-refractivity contribution in [3.63, 3.8) is 0 Å². The van der Waals surface area contributed by atoms with Crippen LogP contribution in [0.25, 0.3) is 10.8 Å². The molecule has 1 saturated heterocycles. The van der Waals surface area contributed by atoms with Crippen molar-refractivity contribution < 1.29 is 18.3 Å². The zero-order valence-electron chi connectivity index (χ0n) is 14.9. The molecule has 0 aliphatic carbocycles. The summed E-state index contributed by atoms with van der Waals surface area (Å²) in [6.07, 6.45) is 2.72. The summed E-state index contributed by atoms with van der Waals surface area (Å²) in [7, 11) is 0. The van der Waals surface area contributed by atoms with E-state index >= 15 is 0 Å². The van der Waals surface area contributed by atoms with Crippen molar-refractivity contribution >= 4 is 22.5 Å². The molecule has 8 heteroatoms. The summed E-state index contributed by atoms with van der Waals surface area (Å²) in [5.74, 6) is -1.14. The first-order valence-corrected chi connectivity index (χ1v) is 8.99. The number of carbonyl (C=O) groups is 1. The number of piperidine rings is 1. The van der Waals surface area contributed by atoms with E-state index < -0.39 is 23.4 Å². The van der Waals surface area contributed by atoms with Crippen molar-refractivity contribution in [1.29, 1.82) is 0 Å². The fraction of sp³-hybridized carbons (Fsp3) is 0.250. The SMILES string of the molecule is O=C(Nc1c(F)cccc1F)N1CCC(Oc2nncc3ccccc23)CC1. The number of ether oxygens (including phenoxy) is 1. The van der Waals surface area contributed by atoms with E-state index in [9.17, 15) is 13.6 Å². The smallest absolute Gasteiger partial charge is 0.322 e. The highest BCUT2D eigenvalue weighted by molar-refractivity contribution is 5.89. The van der Waals surface area contributed by atoms with E-state index in [1.807, 2.05) is 24.3 Å². The molecule has 0 atom stereocenters. The molecule has 0 bridgehead atoms. The second kappa shape index (κ2) is 7.75. The van der Waals surface area contributed by atoms with Gasteiger partial charge in [0.1, 0.15) is 23.4 Å². The predicted octanol–water partition coefficient (Wildman–Crippen LogP) is 3.98. The van der Waals surface area contributed by atoms with Crippen LogP contribution >= 0.6 is 0 Å². The Hall–Kier alpha value is -3.29. The zero-order valence-corrected chi connectivity index (χ0v) is 14.9. The number of rotatable bonds is 3. The lowest BCUT2D eigenvalue weighted by molar-refractivity contribution is 0.112. The lowest BCUT2D eigenvalue weighted by atomic mass is 10.1. The highest BCUT2D eigenvalue weighted by Crippen LogP contribution is 2.25. The number of benzene rings is 2. The van der Waals surface area contributed by atoms with Crippen molar-refractivity contribution in [2.75, 3.05) is 18.4 Å². The molecular weight excluding hydrogens is 366 g/mol. The summed E-state index contributed by atoms with van der Waals surface area (Å²) in [4.78, 5) is 13.8. The molecule has 6 nitrogen and oxygen atoms in total. The third-order valence-electron chi connectivity index (χ3n) is 4.74. The number of nitrogens with one attached hydrogen (secondary N) is 1. The van der Waals surface area contributed by atoms with Crippen LogP contribution in [0.15, 0.2) is 48.7 Å². The minimum Gasteiger partial charge on any atom is -0.473 e. The van der Waals surface area contributed by atoms with Gasteiger partial charge in [-0.2, -0.15) is 5.10 Å². The number of fused-ring (bicyclic) bond motifs is 1. The molecule has 4 rings (SSSR count). The molecule has 2 heterocycles. The molecule has 3 aromatic rings. The molecule has 1 aliphatic heterocycles. The van der Waals surface area contributed by atoms with Crippen molar-refractivity contribution in [3.05, 3.63) is 60.3 Å². The maximum absolute atomic E-state index is 13.7. The van der Waals surface area contributed by atoms with Gasteiger partial charge in [-0.25, -0.2) is 13.6 Å². The number of nitrogens with zero attached hydrogens (tertiary/aromatic N) is 3. The van der Waals surface area contributed by atoms with Gasteiger partial charge in [0.05, 0.1) is 6.20 Å². The van der Waals surface area contributed by atoms with Gasteiger partial charge < -0.3 is 15.0 Å². The maximum atomic E-state index is 13.7. The Balaban J connectivity index is 1.37. The Morgan fingerprint density at radius 2 is 1.79 bits per heavy atom. The number of urea groups is 1. The van der Waals surface area contributed by atoms with Gasteiger partial charge in [-0.1, -0.05) is 24.3 Å². The largest absolute Gasteiger partial charge is 0.473 e. The average molecular weight is 384 g/mol. The molecule has 144 valence electrons. The fourth-order valence-corrected chi connectivity index (χ4v) is 3.23. The number of aromatic nitrogens is 2. The Bertz CT molecular complexity index is 981. The summed E-state index contributed by atoms with van der Waals surface area (Å²) in [5.41, 5.74) is -0.433. The highest BCUT2D eigenvalue weighted by atomic mass is 19.1. The molecule has 28 heavy (non-hydrogen) atoms. The van der Waals surface area contributed by atoms with Crippen LogP contribution in [0.3, 0.4) is 0 Å². The van der Waals surface area contributed by atoms with E-state index in [2.05, 4.69) is 15.5 Å². The van der Waals surface area contributed by atoms with Gasteiger partial charge in [0, 0.05) is 36.7 Å². The molecule has 1 N–H and O–H groups in total. The molecule has 1 fully saturated rings. The standard InChI is InChI=1S/C20H18F2N4O2/c21-16-6-3-7-17(22)18(16)24-20(27)26-10-8-14(9-11-26)28-19-15-5-2-1-4-13(15)12-23-25-19/h1-7,12,14H,8-11H2,(H,24,27). The van der Waals surface area contributed by atoms with E-state index in [1.165, 1.54) is 11.0 Å². The second-order valence-corrected chi connectivity index (χ2v) is 6.57. The fourth-order valence-electron chi connectivity index (χ4n) is 3.23. The van der Waals surface area contributed by atoms with Crippen LogP contribution in [0.5, 0.6) is 5.88 Å². The number of hydrogen-bond donors (Lipinski definition) is 1. The van der Waals surface area contributed by atoms with E-state index in [-0.39, 0.29) is 6.10 Å². The first kappa shape index (κ1) is 18.1. The van der Waals surface area contributed by atoms with Crippen molar-refractivity contribution in [3.8, 4) is 5.88 Å². The third kappa shape index (κ3) is 3.71. The van der Waals surface area contributed by atoms with Crippen LogP contribution in [0.1, 0.15) is 12.8 Å². The van der Waals surface area contributed by atoms with E-state index in [0.29, 0.717) is 31.8 Å². The minimum atomic E-state index is -0.805. The van der Waals surface area contributed by atoms with Crippen LogP contribution in [0.4, 0.5) is 19.3 Å². The lowest BCUT2D eigenvalue weighted by Crippen LogP contribution is -2.44. The number of carbonyl (C=O) groups excluding carboxylic acids is 1. The summed E-state index contributed by atoms with van der Waals surface area (Å²) in [6, 6.07) is 10.6. The number of anilines is 1. The highest BCUT2D eigenvalue weighted by Gasteiger charge is 2.26. The molecule has 1 aromatic heterocycles. The third-order valence-corrected chi connectivity index (χ3v) is 4.74. The molecule has 0 saturated carbocycles. The van der Waals surface area contributed by atoms with Gasteiger partial charge in [-0.15, -0.1) is 5.10 Å². The van der Waals surface area contributed by atoms with Gasteiger partial charge in [-0.05, 0) is 18.2 Å². The Morgan fingerprint density at radius 3 is 2.54 bits per heavy atom.